The second kappa shape index (κ2) is 7.94. The molecule has 1 heteroatoms. The molecule has 0 spiro atoms. The Morgan fingerprint density at radius 2 is 1.12 bits per heavy atom. The molecule has 0 saturated carbocycles. The Morgan fingerprint density at radius 3 is 1.62 bits per heavy atom. The molecule has 0 aliphatic rings. The van der Waals surface area contributed by atoms with E-state index in [2.05, 4.69) is 109 Å². The molecule has 0 heterocycles. The normalized spacial score (nSPS) is 11.7. The fraction of sp³-hybridized carbons (Fsp3) is 0.130. The number of aryl methyl sites for hydroxylation is 1. The molecule has 0 aliphatic heterocycles. The fourth-order valence-corrected chi connectivity index (χ4v) is 6.27. The maximum atomic E-state index is 2.50. The highest BCUT2D eigenvalue weighted by molar-refractivity contribution is 7.05. The van der Waals surface area contributed by atoms with Gasteiger partial charge in [0.05, 0.1) is 0 Å². The summed E-state index contributed by atoms with van der Waals surface area (Å²) < 4.78 is 0. The van der Waals surface area contributed by atoms with Crippen molar-refractivity contribution in [3.63, 3.8) is 0 Å². The monoisotopic (exact) mass is 328 g/mol. The molecule has 0 unspecified atom stereocenters. The third-order valence-corrected chi connectivity index (χ3v) is 8.61. The Kier molecular flexibility index (Phi) is 5.45. The highest BCUT2D eigenvalue weighted by atomic mass is 28.3. The van der Waals surface area contributed by atoms with Gasteiger partial charge in [0.1, 0.15) is 8.07 Å². The molecule has 0 radical (unpaired) electrons. The molecule has 0 atom stereocenters. The van der Waals surface area contributed by atoms with Crippen LogP contribution in [0.3, 0.4) is 0 Å². The molecule has 0 amide bonds. The van der Waals surface area contributed by atoms with Crippen molar-refractivity contribution in [3.05, 3.63) is 108 Å². The Labute approximate surface area is 146 Å². The molecule has 0 N–H and O–H groups in total. The van der Waals surface area contributed by atoms with Crippen molar-refractivity contribution in [2.45, 2.75) is 19.4 Å². The van der Waals surface area contributed by atoms with Gasteiger partial charge in [-0.3, -0.25) is 0 Å². The van der Waals surface area contributed by atoms with E-state index >= 15 is 0 Å². The molecule has 0 aliphatic carbocycles. The summed E-state index contributed by atoms with van der Waals surface area (Å²) in [5, 5.41) is 2.93. The lowest BCUT2D eigenvalue weighted by molar-refractivity contribution is 1.00. The molecule has 120 valence electrons. The zero-order valence-corrected chi connectivity index (χ0v) is 15.2. The highest BCUT2D eigenvalue weighted by Gasteiger charge is 2.28. The topological polar surface area (TPSA) is 0 Å². The Balaban J connectivity index is 1.82. The van der Waals surface area contributed by atoms with Crippen molar-refractivity contribution < 1.29 is 0 Å². The maximum Gasteiger partial charge on any atom is 0.137 e. The van der Waals surface area contributed by atoms with Crippen molar-refractivity contribution in [1.82, 2.24) is 0 Å². The first-order valence-corrected chi connectivity index (χ1v) is 11.2. The third kappa shape index (κ3) is 3.93. The SMILES string of the molecule is C[Si](/C=C/CCc1ccccc1)(c1ccccc1)c1ccccc1. The van der Waals surface area contributed by atoms with Crippen LogP contribution in [-0.2, 0) is 6.42 Å². The minimum absolute atomic E-state index is 1.09. The highest BCUT2D eigenvalue weighted by Crippen LogP contribution is 2.09. The van der Waals surface area contributed by atoms with Crippen molar-refractivity contribution in [1.29, 1.82) is 0 Å². The largest absolute Gasteiger partial charge is 0.137 e. The van der Waals surface area contributed by atoms with Gasteiger partial charge in [-0.1, -0.05) is 120 Å². The van der Waals surface area contributed by atoms with E-state index in [0.29, 0.717) is 0 Å². The Hall–Kier alpha value is -2.38. The minimum Gasteiger partial charge on any atom is -0.0914 e. The van der Waals surface area contributed by atoms with Crippen LogP contribution in [0.15, 0.2) is 103 Å². The van der Waals surface area contributed by atoms with Crippen molar-refractivity contribution >= 4 is 18.4 Å². The number of rotatable bonds is 6. The van der Waals surface area contributed by atoms with Crippen molar-refractivity contribution in [2.24, 2.45) is 0 Å². The molecule has 3 aromatic carbocycles. The zero-order chi connectivity index (χ0) is 16.7. The Bertz CT molecular complexity index is 721. The summed E-state index contributed by atoms with van der Waals surface area (Å²) >= 11 is 0. The van der Waals surface area contributed by atoms with E-state index in [1.807, 2.05) is 0 Å². The smallest absolute Gasteiger partial charge is 0.0914 e. The second-order valence-electron chi connectivity index (χ2n) is 6.36. The number of allylic oxidation sites excluding steroid dienone is 1. The Morgan fingerprint density at radius 1 is 0.667 bits per heavy atom. The van der Waals surface area contributed by atoms with E-state index in [0.717, 1.165) is 12.8 Å². The van der Waals surface area contributed by atoms with Gasteiger partial charge in [0.2, 0.25) is 0 Å². The number of hydrogen-bond donors (Lipinski definition) is 0. The van der Waals surface area contributed by atoms with Gasteiger partial charge in [0, 0.05) is 0 Å². The third-order valence-electron chi connectivity index (χ3n) is 4.64. The van der Waals surface area contributed by atoms with Crippen LogP contribution in [0, 0.1) is 0 Å². The molecule has 0 fully saturated rings. The van der Waals surface area contributed by atoms with E-state index in [1.54, 1.807) is 0 Å². The predicted molar refractivity (Wildman–Crippen MR) is 108 cm³/mol. The quantitative estimate of drug-likeness (QED) is 0.580. The summed E-state index contributed by atoms with van der Waals surface area (Å²) in [6.07, 6.45) is 4.58. The van der Waals surface area contributed by atoms with Crippen LogP contribution in [0.25, 0.3) is 0 Å². The van der Waals surface area contributed by atoms with E-state index in [-0.39, 0.29) is 0 Å². The second-order valence-corrected chi connectivity index (χ2v) is 10.3. The first-order chi connectivity index (χ1) is 11.8. The average Bonchev–Trinajstić information content (AvgIpc) is 2.67. The summed E-state index contributed by atoms with van der Waals surface area (Å²) in [7, 11) is -1.82. The summed E-state index contributed by atoms with van der Waals surface area (Å²) in [4.78, 5) is 0. The summed E-state index contributed by atoms with van der Waals surface area (Å²) in [6, 6.07) is 32.7. The average molecular weight is 329 g/mol. The van der Waals surface area contributed by atoms with Gasteiger partial charge < -0.3 is 0 Å². The van der Waals surface area contributed by atoms with Gasteiger partial charge in [-0.05, 0) is 18.4 Å². The van der Waals surface area contributed by atoms with Gasteiger partial charge in [0.15, 0.2) is 0 Å². The number of hydrogen-bond acceptors (Lipinski definition) is 0. The molecule has 0 nitrogen and oxygen atoms in total. The molecule has 24 heavy (non-hydrogen) atoms. The summed E-state index contributed by atoms with van der Waals surface area (Å²) in [5.74, 6) is 0. The van der Waals surface area contributed by atoms with Gasteiger partial charge in [-0.15, -0.1) is 0 Å². The fourth-order valence-electron chi connectivity index (χ4n) is 3.14. The molecule has 0 saturated heterocycles. The van der Waals surface area contributed by atoms with Crippen LogP contribution in [0.4, 0.5) is 0 Å². The van der Waals surface area contributed by atoms with Gasteiger partial charge in [-0.2, -0.15) is 0 Å². The van der Waals surface area contributed by atoms with Crippen LogP contribution < -0.4 is 10.4 Å². The van der Waals surface area contributed by atoms with Crippen LogP contribution >= 0.6 is 0 Å². The molecule has 3 rings (SSSR count). The lowest BCUT2D eigenvalue weighted by atomic mass is 10.1. The van der Waals surface area contributed by atoms with Crippen LogP contribution in [-0.4, -0.2) is 8.07 Å². The molecular formula is C23H24Si. The van der Waals surface area contributed by atoms with E-state index < -0.39 is 8.07 Å². The van der Waals surface area contributed by atoms with Crippen LogP contribution in [0.1, 0.15) is 12.0 Å². The van der Waals surface area contributed by atoms with Crippen molar-refractivity contribution in [3.8, 4) is 0 Å². The lowest BCUT2D eigenvalue weighted by Gasteiger charge is -2.25. The summed E-state index contributed by atoms with van der Waals surface area (Å²) in [5.41, 5.74) is 3.91. The molecule has 3 aromatic rings. The molecule has 0 aromatic heterocycles. The van der Waals surface area contributed by atoms with Gasteiger partial charge in [0.25, 0.3) is 0 Å². The summed E-state index contributed by atoms with van der Waals surface area (Å²) in [6.45, 7) is 2.44. The van der Waals surface area contributed by atoms with E-state index in [1.165, 1.54) is 15.9 Å². The first-order valence-electron chi connectivity index (χ1n) is 8.62. The maximum absolute atomic E-state index is 2.50. The van der Waals surface area contributed by atoms with Crippen LogP contribution in [0.2, 0.25) is 6.55 Å². The minimum atomic E-state index is -1.82. The lowest BCUT2D eigenvalue weighted by Crippen LogP contribution is -2.54. The number of benzene rings is 3. The zero-order valence-electron chi connectivity index (χ0n) is 14.2. The standard InChI is InChI=1S/C23H24Si/c1-24(22-16-7-3-8-17-22,23-18-9-4-10-19-23)20-12-11-15-21-13-5-2-6-14-21/h2-10,12-14,16-20H,11,15H2,1H3/b20-12+. The van der Waals surface area contributed by atoms with Crippen LogP contribution in [0.5, 0.6) is 0 Å². The van der Waals surface area contributed by atoms with E-state index in [9.17, 15) is 0 Å². The predicted octanol–water partition coefficient (Wildman–Crippen LogP) is 4.61. The first kappa shape index (κ1) is 16.5. The molecule has 0 bridgehead atoms. The molecular weight excluding hydrogens is 304 g/mol. The van der Waals surface area contributed by atoms with Gasteiger partial charge >= 0.3 is 0 Å². The van der Waals surface area contributed by atoms with Gasteiger partial charge in [-0.25, -0.2) is 0 Å². The van der Waals surface area contributed by atoms with E-state index in [4.69, 9.17) is 0 Å². The van der Waals surface area contributed by atoms with Crippen molar-refractivity contribution in [2.75, 3.05) is 0 Å².